The quantitative estimate of drug-likeness (QED) is 0.0417. The maximum absolute atomic E-state index is 12.5. The van der Waals surface area contributed by atoms with Crippen LogP contribution in [0.2, 0.25) is 0 Å². The van der Waals surface area contributed by atoms with Crippen LogP contribution in [0.4, 0.5) is 0 Å². The zero-order chi connectivity index (χ0) is 48.6. The molecule has 0 saturated carbocycles. The van der Waals surface area contributed by atoms with Gasteiger partial charge in [0.25, 0.3) is 0 Å². The molecule has 3 N–H and O–H groups in total. The number of amides is 1. The summed E-state index contributed by atoms with van der Waals surface area (Å²) in [4.78, 5) is 24.5. The minimum Gasteiger partial charge on any atom is -0.466 e. The monoisotopic (exact) mass is 948 g/mol. The van der Waals surface area contributed by atoms with Crippen molar-refractivity contribution in [3.8, 4) is 0 Å². The average Bonchev–Trinajstić information content (AvgIpc) is 3.33. The molecule has 0 saturated heterocycles. The van der Waals surface area contributed by atoms with Crippen molar-refractivity contribution in [2.45, 2.75) is 366 Å². The summed E-state index contributed by atoms with van der Waals surface area (Å²) in [5.74, 6) is -0.0199. The molecule has 0 heterocycles. The van der Waals surface area contributed by atoms with Crippen LogP contribution in [0.5, 0.6) is 0 Å². The van der Waals surface area contributed by atoms with Gasteiger partial charge in [-0.15, -0.1) is 0 Å². The first-order chi connectivity index (χ1) is 33.0. The molecule has 0 bridgehead atoms. The largest absolute Gasteiger partial charge is 0.466 e. The molecule has 1 amide bonds. The predicted octanol–water partition coefficient (Wildman–Crippen LogP) is 19.1. The summed E-state index contributed by atoms with van der Waals surface area (Å²) in [5.41, 5.74) is 0. The molecule has 0 aliphatic rings. The molecule has 0 aromatic rings. The van der Waals surface area contributed by atoms with Gasteiger partial charge in [0, 0.05) is 12.8 Å². The Labute approximate surface area is 419 Å². The van der Waals surface area contributed by atoms with E-state index in [0.29, 0.717) is 25.9 Å². The van der Waals surface area contributed by atoms with Crippen molar-refractivity contribution in [1.82, 2.24) is 5.32 Å². The van der Waals surface area contributed by atoms with Crippen LogP contribution in [0.25, 0.3) is 0 Å². The fourth-order valence-electron chi connectivity index (χ4n) is 9.94. The maximum atomic E-state index is 12.5. The standard InChI is InChI=1S/C61H121NO5/c1-3-5-7-9-11-13-15-17-18-23-26-30-33-37-41-45-49-53-59(64)58(57-63)62-60(65)54-50-46-42-38-34-31-27-24-21-19-20-22-25-28-32-36-40-44-48-52-56-67-61(66)55-51-47-43-39-35-29-16-14-12-10-8-6-4-2/h58-59,63-64H,3-57H2,1-2H3,(H,62,65). The smallest absolute Gasteiger partial charge is 0.305 e. The van der Waals surface area contributed by atoms with E-state index in [2.05, 4.69) is 19.2 Å². The third-order valence-corrected chi connectivity index (χ3v) is 14.7. The summed E-state index contributed by atoms with van der Waals surface area (Å²) in [6.45, 7) is 4.98. The number of aliphatic hydroxyl groups is 2. The summed E-state index contributed by atoms with van der Waals surface area (Å²) in [5, 5.41) is 23.3. The van der Waals surface area contributed by atoms with Crippen molar-refractivity contribution in [2.75, 3.05) is 13.2 Å². The molecule has 0 aliphatic carbocycles. The van der Waals surface area contributed by atoms with E-state index in [1.807, 2.05) is 0 Å². The molecule has 6 nitrogen and oxygen atoms in total. The Morgan fingerprint density at radius 3 is 0.910 bits per heavy atom. The lowest BCUT2D eigenvalue weighted by Crippen LogP contribution is -2.45. The van der Waals surface area contributed by atoms with Gasteiger partial charge in [-0.2, -0.15) is 0 Å². The number of aliphatic hydroxyl groups excluding tert-OH is 2. The number of carbonyl (C=O) groups excluding carboxylic acids is 2. The zero-order valence-electron chi connectivity index (χ0n) is 45.7. The predicted molar refractivity (Wildman–Crippen MR) is 292 cm³/mol. The van der Waals surface area contributed by atoms with Crippen LogP contribution in [0.3, 0.4) is 0 Å². The lowest BCUT2D eigenvalue weighted by Gasteiger charge is -2.22. The van der Waals surface area contributed by atoms with Crippen molar-refractivity contribution in [1.29, 1.82) is 0 Å². The number of unbranched alkanes of at least 4 members (excludes halogenated alkanes) is 47. The van der Waals surface area contributed by atoms with Gasteiger partial charge < -0.3 is 20.3 Å². The van der Waals surface area contributed by atoms with Crippen molar-refractivity contribution in [3.05, 3.63) is 0 Å². The topological polar surface area (TPSA) is 95.9 Å². The van der Waals surface area contributed by atoms with Gasteiger partial charge in [0.15, 0.2) is 0 Å². The molecular formula is C61H121NO5. The fraction of sp³-hybridized carbons (Fsp3) is 0.967. The number of nitrogens with one attached hydrogen (secondary N) is 1. The number of esters is 1. The summed E-state index contributed by atoms with van der Waals surface area (Å²) in [6, 6.07) is -0.542. The van der Waals surface area contributed by atoms with Crippen molar-refractivity contribution in [3.63, 3.8) is 0 Å². The molecule has 2 unspecified atom stereocenters. The molecule has 6 heteroatoms. The van der Waals surface area contributed by atoms with Crippen LogP contribution >= 0.6 is 0 Å². The van der Waals surface area contributed by atoms with E-state index < -0.39 is 12.1 Å². The van der Waals surface area contributed by atoms with E-state index in [4.69, 9.17) is 4.74 Å². The number of rotatable bonds is 58. The molecular weight excluding hydrogens is 827 g/mol. The van der Waals surface area contributed by atoms with Crippen LogP contribution in [0.15, 0.2) is 0 Å². The summed E-state index contributed by atoms with van der Waals surface area (Å²) in [7, 11) is 0. The third-order valence-electron chi connectivity index (χ3n) is 14.7. The molecule has 0 aromatic heterocycles. The highest BCUT2D eigenvalue weighted by molar-refractivity contribution is 5.76. The average molecular weight is 949 g/mol. The van der Waals surface area contributed by atoms with Gasteiger partial charge in [0.1, 0.15) is 0 Å². The van der Waals surface area contributed by atoms with Gasteiger partial charge in [-0.05, 0) is 25.7 Å². The van der Waals surface area contributed by atoms with E-state index in [0.717, 1.165) is 38.5 Å². The van der Waals surface area contributed by atoms with Crippen LogP contribution in [0.1, 0.15) is 354 Å². The summed E-state index contributed by atoms with van der Waals surface area (Å²) >= 11 is 0. The number of hydrogen-bond donors (Lipinski definition) is 3. The van der Waals surface area contributed by atoms with E-state index in [1.54, 1.807) is 0 Å². The van der Waals surface area contributed by atoms with Gasteiger partial charge in [-0.25, -0.2) is 0 Å². The molecule has 0 spiro atoms. The number of ether oxygens (including phenoxy) is 1. The molecule has 67 heavy (non-hydrogen) atoms. The first-order valence-corrected chi connectivity index (χ1v) is 30.8. The Morgan fingerprint density at radius 2 is 0.612 bits per heavy atom. The van der Waals surface area contributed by atoms with Gasteiger partial charge >= 0.3 is 5.97 Å². The normalized spacial score (nSPS) is 12.5. The van der Waals surface area contributed by atoms with Crippen LogP contribution < -0.4 is 5.32 Å². The Kier molecular flexibility index (Phi) is 56.5. The Morgan fingerprint density at radius 1 is 0.358 bits per heavy atom. The first-order valence-electron chi connectivity index (χ1n) is 30.8. The second kappa shape index (κ2) is 57.4. The van der Waals surface area contributed by atoms with Crippen LogP contribution in [0, 0.1) is 0 Å². The summed E-state index contributed by atoms with van der Waals surface area (Å²) < 4.78 is 5.48. The van der Waals surface area contributed by atoms with Gasteiger partial charge in [0.05, 0.1) is 25.4 Å². The van der Waals surface area contributed by atoms with E-state index in [1.165, 1.54) is 283 Å². The highest BCUT2D eigenvalue weighted by Crippen LogP contribution is 2.18. The van der Waals surface area contributed by atoms with E-state index in [-0.39, 0.29) is 18.5 Å². The Hall–Kier alpha value is -1.14. The van der Waals surface area contributed by atoms with Crippen molar-refractivity contribution < 1.29 is 24.5 Å². The SMILES string of the molecule is CCCCCCCCCCCCCCCCCCCC(O)C(CO)NC(=O)CCCCCCCCCCCCCCCCCCCCCCOC(=O)CCCCCCCCCCCCCCC. The molecule has 400 valence electrons. The van der Waals surface area contributed by atoms with Crippen molar-refractivity contribution in [2.24, 2.45) is 0 Å². The molecule has 0 radical (unpaired) electrons. The Bertz CT molecular complexity index is 959. The molecule has 0 fully saturated rings. The second-order valence-corrected chi connectivity index (χ2v) is 21.4. The van der Waals surface area contributed by atoms with Crippen LogP contribution in [-0.4, -0.2) is 47.4 Å². The van der Waals surface area contributed by atoms with Gasteiger partial charge in [-0.3, -0.25) is 9.59 Å². The summed E-state index contributed by atoms with van der Waals surface area (Å²) in [6.07, 6.45) is 66.7. The zero-order valence-corrected chi connectivity index (χ0v) is 45.7. The highest BCUT2D eigenvalue weighted by Gasteiger charge is 2.20. The Balaban J connectivity index is 3.38. The lowest BCUT2D eigenvalue weighted by molar-refractivity contribution is -0.143. The maximum Gasteiger partial charge on any atom is 0.305 e. The van der Waals surface area contributed by atoms with Crippen molar-refractivity contribution >= 4 is 11.9 Å². The fourth-order valence-corrected chi connectivity index (χ4v) is 9.94. The number of carbonyl (C=O) groups is 2. The van der Waals surface area contributed by atoms with E-state index >= 15 is 0 Å². The first kappa shape index (κ1) is 65.9. The van der Waals surface area contributed by atoms with E-state index in [9.17, 15) is 19.8 Å². The number of hydrogen-bond acceptors (Lipinski definition) is 5. The minimum absolute atomic E-state index is 0.0132. The van der Waals surface area contributed by atoms with Gasteiger partial charge in [0.2, 0.25) is 5.91 Å². The molecule has 0 rings (SSSR count). The van der Waals surface area contributed by atoms with Crippen LogP contribution in [-0.2, 0) is 14.3 Å². The third kappa shape index (κ3) is 54.0. The molecule has 0 aliphatic heterocycles. The molecule has 2 atom stereocenters. The lowest BCUT2D eigenvalue weighted by atomic mass is 10.0. The second-order valence-electron chi connectivity index (χ2n) is 21.4. The highest BCUT2D eigenvalue weighted by atomic mass is 16.5. The molecule has 0 aromatic carbocycles. The minimum atomic E-state index is -0.664. The van der Waals surface area contributed by atoms with Gasteiger partial charge in [-0.1, -0.05) is 316 Å².